The summed E-state index contributed by atoms with van der Waals surface area (Å²) in [6.07, 6.45) is 0. The van der Waals surface area contributed by atoms with Crippen LogP contribution in [0.5, 0.6) is 23.0 Å². The van der Waals surface area contributed by atoms with Gasteiger partial charge in [-0.1, -0.05) is 12.1 Å². The molecule has 3 nitrogen and oxygen atoms in total. The highest BCUT2D eigenvalue weighted by molar-refractivity contribution is 6.66. The molecule has 1 aliphatic heterocycles. The molecule has 0 aliphatic carbocycles. The van der Waals surface area contributed by atoms with Crippen molar-refractivity contribution in [2.45, 2.75) is 40.8 Å². The average molecular weight is 314 g/mol. The first-order valence-corrected chi connectivity index (χ1v) is 10.4. The van der Waals surface area contributed by atoms with Crippen LogP contribution in [0.2, 0.25) is 13.1 Å². The van der Waals surface area contributed by atoms with E-state index in [4.69, 9.17) is 13.6 Å². The monoisotopic (exact) mass is 314 g/mol. The smallest absolute Gasteiger partial charge is 0.454 e. The van der Waals surface area contributed by atoms with E-state index in [1.165, 1.54) is 0 Å². The maximum atomic E-state index is 6.24. The van der Waals surface area contributed by atoms with Crippen LogP contribution < -0.4 is 13.6 Å². The molecule has 3 rings (SSSR count). The van der Waals surface area contributed by atoms with E-state index in [1.807, 2.05) is 26.0 Å². The van der Waals surface area contributed by atoms with E-state index >= 15 is 0 Å². The summed E-state index contributed by atoms with van der Waals surface area (Å²) in [5.41, 5.74) is 4.47. The molecule has 0 N–H and O–H groups in total. The van der Waals surface area contributed by atoms with Crippen LogP contribution in [-0.2, 0) is 0 Å². The van der Waals surface area contributed by atoms with Gasteiger partial charge < -0.3 is 13.6 Å². The molecule has 4 heteroatoms. The number of rotatable bonds is 0. The summed E-state index contributed by atoms with van der Waals surface area (Å²) in [6.45, 7) is 12.3. The van der Waals surface area contributed by atoms with Crippen LogP contribution in [0.3, 0.4) is 0 Å². The van der Waals surface area contributed by atoms with Gasteiger partial charge in [0.25, 0.3) is 0 Å². The Hall–Kier alpha value is -1.94. The van der Waals surface area contributed by atoms with Crippen LogP contribution in [0, 0.1) is 27.7 Å². The highest BCUT2D eigenvalue weighted by atomic mass is 28.4. The molecule has 0 atom stereocenters. The van der Waals surface area contributed by atoms with Gasteiger partial charge >= 0.3 is 8.56 Å². The second-order valence-corrected chi connectivity index (χ2v) is 9.73. The van der Waals surface area contributed by atoms with Gasteiger partial charge in [0.05, 0.1) is 0 Å². The van der Waals surface area contributed by atoms with E-state index in [9.17, 15) is 0 Å². The first-order valence-electron chi connectivity index (χ1n) is 7.53. The SMILES string of the molecule is Cc1cc(C)c2c(c1)Oc1cc(C)cc(C)c1O[Si](C)(C)O2. The highest BCUT2D eigenvalue weighted by Crippen LogP contribution is 2.44. The molecule has 116 valence electrons. The van der Waals surface area contributed by atoms with E-state index < -0.39 is 8.56 Å². The maximum Gasteiger partial charge on any atom is 0.454 e. The Morgan fingerprint density at radius 1 is 0.682 bits per heavy atom. The van der Waals surface area contributed by atoms with Gasteiger partial charge in [-0.3, -0.25) is 0 Å². The summed E-state index contributed by atoms with van der Waals surface area (Å²) in [7, 11) is -2.35. The molecule has 2 aromatic rings. The maximum absolute atomic E-state index is 6.24. The van der Waals surface area contributed by atoms with Gasteiger partial charge in [0.2, 0.25) is 0 Å². The minimum Gasteiger partial charge on any atom is -0.509 e. The molecule has 0 saturated heterocycles. The number of ether oxygens (including phenoxy) is 1. The summed E-state index contributed by atoms with van der Waals surface area (Å²) in [5, 5.41) is 0. The van der Waals surface area contributed by atoms with Crippen molar-refractivity contribution in [3.05, 3.63) is 46.5 Å². The highest BCUT2D eigenvalue weighted by Gasteiger charge is 2.35. The molecular weight excluding hydrogens is 292 g/mol. The normalized spacial score (nSPS) is 15.4. The lowest BCUT2D eigenvalue weighted by atomic mass is 10.1. The number of hydrogen-bond acceptors (Lipinski definition) is 3. The molecule has 0 saturated carbocycles. The predicted molar refractivity (Wildman–Crippen MR) is 90.6 cm³/mol. The summed E-state index contributed by atoms with van der Waals surface area (Å²) in [5.74, 6) is 3.14. The fraction of sp³-hybridized carbons (Fsp3) is 0.333. The molecule has 1 aliphatic rings. The van der Waals surface area contributed by atoms with Crippen molar-refractivity contribution >= 4 is 8.56 Å². The largest absolute Gasteiger partial charge is 0.509 e. The summed E-state index contributed by atoms with van der Waals surface area (Å²) in [6, 6.07) is 8.27. The quantitative estimate of drug-likeness (QED) is 0.627. The lowest BCUT2D eigenvalue weighted by Crippen LogP contribution is -2.43. The summed E-state index contributed by atoms with van der Waals surface area (Å²) in [4.78, 5) is 0. The van der Waals surface area contributed by atoms with Gasteiger partial charge in [-0.05, 0) is 62.1 Å². The number of hydrogen-bond donors (Lipinski definition) is 0. The third-order valence-electron chi connectivity index (χ3n) is 3.69. The molecule has 0 fully saturated rings. The topological polar surface area (TPSA) is 27.7 Å². The minimum atomic E-state index is -2.35. The molecule has 0 aromatic heterocycles. The van der Waals surface area contributed by atoms with Crippen LogP contribution in [0.4, 0.5) is 0 Å². The zero-order valence-corrected chi connectivity index (χ0v) is 15.0. The number of aryl methyl sites for hydroxylation is 4. The molecule has 0 spiro atoms. The van der Waals surface area contributed by atoms with Crippen LogP contribution in [0.15, 0.2) is 24.3 Å². The molecule has 22 heavy (non-hydrogen) atoms. The van der Waals surface area contributed by atoms with E-state index in [0.29, 0.717) is 0 Å². The van der Waals surface area contributed by atoms with Crippen molar-refractivity contribution in [1.29, 1.82) is 0 Å². The molecule has 0 bridgehead atoms. The van der Waals surface area contributed by atoms with Crippen molar-refractivity contribution in [2.75, 3.05) is 0 Å². The van der Waals surface area contributed by atoms with E-state index in [0.717, 1.165) is 45.3 Å². The summed E-state index contributed by atoms with van der Waals surface area (Å²) >= 11 is 0. The molecule has 0 amide bonds. The first kappa shape index (κ1) is 15.0. The first-order chi connectivity index (χ1) is 10.2. The van der Waals surface area contributed by atoms with Crippen molar-refractivity contribution < 1.29 is 13.6 Å². The molecule has 0 radical (unpaired) electrons. The number of benzene rings is 2. The van der Waals surface area contributed by atoms with Crippen LogP contribution in [-0.4, -0.2) is 8.56 Å². The zero-order valence-electron chi connectivity index (χ0n) is 14.0. The fourth-order valence-corrected chi connectivity index (χ4v) is 4.42. The van der Waals surface area contributed by atoms with Crippen molar-refractivity contribution in [1.82, 2.24) is 0 Å². The number of fused-ring (bicyclic) bond motifs is 2. The average Bonchev–Trinajstić information content (AvgIpc) is 2.36. The van der Waals surface area contributed by atoms with Crippen LogP contribution in [0.1, 0.15) is 22.3 Å². The standard InChI is InChI=1S/C18H22O3Si/c1-11-7-13(3)17-15(9-11)19-16-10-12(2)8-14(4)18(16)21-22(5,6)20-17/h7-10H,1-6H3. The second kappa shape index (κ2) is 5.06. The Morgan fingerprint density at radius 2 is 1.09 bits per heavy atom. The molecule has 1 heterocycles. The molecular formula is C18H22O3Si. The van der Waals surface area contributed by atoms with E-state index in [1.54, 1.807) is 0 Å². The third kappa shape index (κ3) is 2.71. The Labute approximate surface area is 133 Å². The van der Waals surface area contributed by atoms with E-state index in [-0.39, 0.29) is 0 Å². The Bertz CT molecular complexity index is 689. The predicted octanol–water partition coefficient (Wildman–Crippen LogP) is 5.19. The summed E-state index contributed by atoms with van der Waals surface area (Å²) < 4.78 is 18.7. The Kier molecular flexibility index (Phi) is 3.44. The molecule has 0 unspecified atom stereocenters. The second-order valence-electron chi connectivity index (χ2n) is 6.52. The zero-order chi connectivity index (χ0) is 16.1. The minimum absolute atomic E-state index is 0.771. The van der Waals surface area contributed by atoms with Crippen molar-refractivity contribution in [2.24, 2.45) is 0 Å². The third-order valence-corrected chi connectivity index (χ3v) is 5.08. The molecule has 2 aromatic carbocycles. The van der Waals surface area contributed by atoms with E-state index in [2.05, 4.69) is 39.1 Å². The van der Waals surface area contributed by atoms with Gasteiger partial charge in [0.1, 0.15) is 0 Å². The van der Waals surface area contributed by atoms with Crippen molar-refractivity contribution in [3.63, 3.8) is 0 Å². The fourth-order valence-electron chi connectivity index (χ4n) is 2.87. The van der Waals surface area contributed by atoms with Crippen LogP contribution in [0.25, 0.3) is 0 Å². The lowest BCUT2D eigenvalue weighted by Gasteiger charge is -2.31. The van der Waals surface area contributed by atoms with Gasteiger partial charge in [-0.15, -0.1) is 0 Å². The van der Waals surface area contributed by atoms with Gasteiger partial charge in [-0.25, -0.2) is 0 Å². The lowest BCUT2D eigenvalue weighted by molar-refractivity contribution is 0.341. The Balaban J connectivity index is 2.24. The van der Waals surface area contributed by atoms with Gasteiger partial charge in [-0.2, -0.15) is 0 Å². The van der Waals surface area contributed by atoms with Crippen molar-refractivity contribution in [3.8, 4) is 23.0 Å². The van der Waals surface area contributed by atoms with Gasteiger partial charge in [0.15, 0.2) is 23.0 Å². The Morgan fingerprint density at radius 3 is 1.50 bits per heavy atom. The van der Waals surface area contributed by atoms with Gasteiger partial charge in [0, 0.05) is 13.1 Å². The van der Waals surface area contributed by atoms with Crippen LogP contribution >= 0.6 is 0 Å².